The lowest BCUT2D eigenvalue weighted by atomic mass is 10.1. The highest BCUT2D eigenvalue weighted by Gasteiger charge is 2.16. The van der Waals surface area contributed by atoms with Crippen LogP contribution in [0.2, 0.25) is 0 Å². The number of rotatable bonds is 11. The molecule has 1 aromatic rings. The van der Waals surface area contributed by atoms with Crippen molar-refractivity contribution in [3.05, 3.63) is 10.6 Å². The lowest BCUT2D eigenvalue weighted by molar-refractivity contribution is -0.118. The van der Waals surface area contributed by atoms with Crippen LogP contribution in [0.25, 0.3) is 0 Å². The predicted molar refractivity (Wildman–Crippen MR) is 105 cm³/mol. The van der Waals surface area contributed by atoms with E-state index in [4.69, 9.17) is 23.1 Å². The van der Waals surface area contributed by atoms with Gasteiger partial charge in [-0.15, -0.1) is 0 Å². The maximum absolute atomic E-state index is 11.2. The second kappa shape index (κ2) is 10.1. The first kappa shape index (κ1) is 21.8. The Kier molecular flexibility index (Phi) is 8.79. The first-order valence-electron chi connectivity index (χ1n) is 9.27. The number of carbonyl (C=O) groups excluding carboxylic acids is 1. The zero-order valence-electron chi connectivity index (χ0n) is 16.7. The minimum absolute atomic E-state index is 0.297. The van der Waals surface area contributed by atoms with Crippen LogP contribution in [0.4, 0.5) is 0 Å². The lowest BCUT2D eigenvalue weighted by Gasteiger charge is -2.25. The maximum Gasteiger partial charge on any atom is 0.217 e. The van der Waals surface area contributed by atoms with Crippen molar-refractivity contribution >= 4 is 18.1 Å². The van der Waals surface area contributed by atoms with E-state index in [1.165, 1.54) is 0 Å². The highest BCUT2D eigenvalue weighted by molar-refractivity contribution is 7.71. The van der Waals surface area contributed by atoms with E-state index in [9.17, 15) is 4.79 Å². The average molecular weight is 370 g/mol. The number of nitrogens with two attached hydrogens (primary N) is 1. The number of hydrogen-bond acceptors (Lipinski definition) is 4. The van der Waals surface area contributed by atoms with E-state index < -0.39 is 0 Å². The molecule has 0 atom stereocenters. The van der Waals surface area contributed by atoms with Crippen molar-refractivity contribution in [3.8, 4) is 0 Å². The Morgan fingerprint density at radius 1 is 1.12 bits per heavy atom. The molecule has 1 amide bonds. The molecular formula is C18H35N5OS. The molecule has 144 valence electrons. The third-order valence-corrected chi connectivity index (χ3v) is 4.15. The molecule has 0 aliphatic carbocycles. The molecule has 1 aromatic heterocycles. The van der Waals surface area contributed by atoms with Gasteiger partial charge in [-0.1, -0.05) is 41.5 Å². The van der Waals surface area contributed by atoms with Crippen LogP contribution in [0.15, 0.2) is 0 Å². The number of carbonyl (C=O) groups is 1. The number of primary amides is 1. The molecule has 0 aromatic carbocycles. The molecule has 1 rings (SSSR count). The molecule has 0 aliphatic rings. The molecule has 0 radical (unpaired) electrons. The van der Waals surface area contributed by atoms with Gasteiger partial charge in [0.1, 0.15) is 5.82 Å². The summed E-state index contributed by atoms with van der Waals surface area (Å²) in [6.45, 7) is 16.7. The van der Waals surface area contributed by atoms with E-state index >= 15 is 0 Å². The molecular weight excluding hydrogens is 334 g/mol. The summed E-state index contributed by atoms with van der Waals surface area (Å²) in [5.41, 5.74) is 5.31. The Morgan fingerprint density at radius 3 is 2.12 bits per heavy atom. The Labute approximate surface area is 157 Å². The summed E-state index contributed by atoms with van der Waals surface area (Å²) < 4.78 is 4.69. The standard InChI is InChI=1S/C18H35N5OS/c1-13(2)9-21(10-14(3)4)12-23-18(25)22(11-15(5)6)17(20-23)8-7-16(19)24/h13-15H,7-12H2,1-6H3,(H2,19,24). The summed E-state index contributed by atoms with van der Waals surface area (Å²) in [6.07, 6.45) is 0.832. The lowest BCUT2D eigenvalue weighted by Crippen LogP contribution is -2.33. The third-order valence-electron chi connectivity index (χ3n) is 3.72. The topological polar surface area (TPSA) is 69.1 Å². The van der Waals surface area contributed by atoms with E-state index in [0.717, 1.165) is 30.2 Å². The van der Waals surface area contributed by atoms with Crippen molar-refractivity contribution in [2.75, 3.05) is 13.1 Å². The molecule has 2 N–H and O–H groups in total. The van der Waals surface area contributed by atoms with Crippen LogP contribution in [-0.2, 0) is 24.4 Å². The van der Waals surface area contributed by atoms with Crippen LogP contribution in [0.1, 0.15) is 53.8 Å². The van der Waals surface area contributed by atoms with Gasteiger partial charge in [0.25, 0.3) is 0 Å². The molecule has 0 saturated heterocycles. The fourth-order valence-electron chi connectivity index (χ4n) is 2.96. The Balaban J connectivity index is 3.07. The molecule has 1 heterocycles. The van der Waals surface area contributed by atoms with E-state index in [-0.39, 0.29) is 5.91 Å². The van der Waals surface area contributed by atoms with Gasteiger partial charge >= 0.3 is 0 Å². The summed E-state index contributed by atoms with van der Waals surface area (Å²) >= 11 is 5.68. The average Bonchev–Trinajstić information content (AvgIpc) is 2.72. The molecule has 0 saturated carbocycles. The smallest absolute Gasteiger partial charge is 0.217 e. The van der Waals surface area contributed by atoms with Crippen LogP contribution in [-0.4, -0.2) is 38.2 Å². The Hall–Kier alpha value is -1.21. The Morgan fingerprint density at radius 2 is 1.68 bits per heavy atom. The fraction of sp³-hybridized carbons (Fsp3) is 0.833. The van der Waals surface area contributed by atoms with Gasteiger partial charge in [-0.2, -0.15) is 5.10 Å². The van der Waals surface area contributed by atoms with Gasteiger partial charge in [0.15, 0.2) is 4.77 Å². The summed E-state index contributed by atoms with van der Waals surface area (Å²) in [5.74, 6) is 2.17. The molecule has 0 fully saturated rings. The second-order valence-electron chi connectivity index (χ2n) is 8.13. The van der Waals surface area contributed by atoms with Crippen molar-refractivity contribution in [3.63, 3.8) is 0 Å². The van der Waals surface area contributed by atoms with Crippen molar-refractivity contribution in [1.82, 2.24) is 19.2 Å². The fourth-order valence-corrected chi connectivity index (χ4v) is 3.24. The normalized spacial score (nSPS) is 12.1. The van der Waals surface area contributed by atoms with Gasteiger partial charge in [0.05, 0.1) is 6.67 Å². The molecule has 0 bridgehead atoms. The van der Waals surface area contributed by atoms with Gasteiger partial charge < -0.3 is 10.3 Å². The van der Waals surface area contributed by atoms with Crippen LogP contribution >= 0.6 is 12.2 Å². The molecule has 7 heteroatoms. The van der Waals surface area contributed by atoms with Crippen molar-refractivity contribution in [2.24, 2.45) is 23.5 Å². The molecule has 25 heavy (non-hydrogen) atoms. The van der Waals surface area contributed by atoms with E-state index in [1.807, 2.05) is 4.68 Å². The van der Waals surface area contributed by atoms with E-state index in [0.29, 0.717) is 37.3 Å². The summed E-state index contributed by atoms with van der Waals surface area (Å²) in [7, 11) is 0. The van der Waals surface area contributed by atoms with E-state index in [1.54, 1.807) is 0 Å². The second-order valence-corrected chi connectivity index (χ2v) is 8.50. The highest BCUT2D eigenvalue weighted by atomic mass is 32.1. The number of aromatic nitrogens is 3. The monoisotopic (exact) mass is 369 g/mol. The molecule has 0 spiro atoms. The Bertz CT molecular complexity index is 593. The van der Waals surface area contributed by atoms with Crippen molar-refractivity contribution < 1.29 is 4.79 Å². The summed E-state index contributed by atoms with van der Waals surface area (Å²) in [6, 6.07) is 0. The zero-order chi connectivity index (χ0) is 19.1. The number of amides is 1. The van der Waals surface area contributed by atoms with Crippen LogP contribution in [0.3, 0.4) is 0 Å². The SMILES string of the molecule is CC(C)CN(CC(C)C)Cn1nc(CCC(N)=O)n(CC(C)C)c1=S. The van der Waals surface area contributed by atoms with Crippen molar-refractivity contribution in [1.29, 1.82) is 0 Å². The van der Waals surface area contributed by atoms with Gasteiger partial charge in [-0.3, -0.25) is 9.69 Å². The maximum atomic E-state index is 11.2. The zero-order valence-corrected chi connectivity index (χ0v) is 17.5. The van der Waals surface area contributed by atoms with Gasteiger partial charge in [-0.05, 0) is 30.0 Å². The first-order chi connectivity index (χ1) is 11.6. The van der Waals surface area contributed by atoms with E-state index in [2.05, 4.69) is 51.0 Å². The predicted octanol–water partition coefficient (Wildman–Crippen LogP) is 3.06. The van der Waals surface area contributed by atoms with Crippen molar-refractivity contribution in [2.45, 2.75) is 67.6 Å². The summed E-state index contributed by atoms with van der Waals surface area (Å²) in [5, 5.41) is 4.72. The summed E-state index contributed by atoms with van der Waals surface area (Å²) in [4.78, 5) is 13.6. The largest absolute Gasteiger partial charge is 0.370 e. The molecule has 0 aliphatic heterocycles. The quantitative estimate of drug-likeness (QED) is 0.609. The molecule has 6 nitrogen and oxygen atoms in total. The minimum Gasteiger partial charge on any atom is -0.370 e. The van der Waals surface area contributed by atoms with Gasteiger partial charge in [0.2, 0.25) is 5.91 Å². The van der Waals surface area contributed by atoms with Crippen LogP contribution in [0, 0.1) is 22.5 Å². The van der Waals surface area contributed by atoms with Gasteiger partial charge in [0, 0.05) is 32.5 Å². The molecule has 0 unspecified atom stereocenters. The van der Waals surface area contributed by atoms with Crippen LogP contribution < -0.4 is 5.73 Å². The van der Waals surface area contributed by atoms with Gasteiger partial charge in [-0.25, -0.2) is 4.68 Å². The minimum atomic E-state index is -0.308. The first-order valence-corrected chi connectivity index (χ1v) is 9.68. The number of nitrogens with zero attached hydrogens (tertiary/aromatic N) is 4. The highest BCUT2D eigenvalue weighted by Crippen LogP contribution is 2.11. The number of aryl methyl sites for hydroxylation is 1. The van der Waals surface area contributed by atoms with Crippen LogP contribution in [0.5, 0.6) is 0 Å². The number of hydrogen-bond donors (Lipinski definition) is 1. The third kappa shape index (κ3) is 7.69.